The minimum Gasteiger partial charge on any atom is -0.398 e. The zero-order chi connectivity index (χ0) is 14.8. The van der Waals surface area contributed by atoms with Crippen molar-refractivity contribution in [3.05, 3.63) is 23.5 Å². The van der Waals surface area contributed by atoms with Gasteiger partial charge in [-0.05, 0) is 45.6 Å². The number of nitrogens with two attached hydrogens (primary N) is 1. The Bertz CT molecular complexity index is 558. The average Bonchev–Trinajstić information content (AvgIpc) is 2.30. The molecule has 0 aliphatic heterocycles. The molecule has 1 rings (SSSR count). The lowest BCUT2D eigenvalue weighted by Gasteiger charge is -2.20. The van der Waals surface area contributed by atoms with E-state index in [1.807, 2.05) is 25.9 Å². The normalized spacial score (nSPS) is 13.8. The molecule has 0 fully saturated rings. The Morgan fingerprint density at radius 3 is 2.53 bits per heavy atom. The lowest BCUT2D eigenvalue weighted by Crippen LogP contribution is -2.38. The minimum atomic E-state index is -3.89. The van der Waals surface area contributed by atoms with Crippen molar-refractivity contribution in [3.63, 3.8) is 0 Å². The first-order valence-corrected chi connectivity index (χ1v) is 7.35. The molecule has 1 aromatic rings. The number of halogens is 1. The summed E-state index contributed by atoms with van der Waals surface area (Å²) in [5.74, 6) is -0.795. The van der Waals surface area contributed by atoms with E-state index in [4.69, 9.17) is 5.73 Å². The highest BCUT2D eigenvalue weighted by Crippen LogP contribution is 2.21. The van der Waals surface area contributed by atoms with Crippen LogP contribution in [0.25, 0.3) is 0 Å². The smallest absolute Gasteiger partial charge is 0.243 e. The van der Waals surface area contributed by atoms with Crippen LogP contribution in [0.4, 0.5) is 10.1 Å². The molecular weight excluding hydrogens is 269 g/mol. The molecule has 19 heavy (non-hydrogen) atoms. The van der Waals surface area contributed by atoms with Gasteiger partial charge in [0.2, 0.25) is 10.0 Å². The predicted molar refractivity (Wildman–Crippen MR) is 73.9 cm³/mol. The fraction of sp³-hybridized carbons (Fsp3) is 0.500. The van der Waals surface area contributed by atoms with Crippen LogP contribution in [0.15, 0.2) is 17.0 Å². The summed E-state index contributed by atoms with van der Waals surface area (Å²) in [7, 11) is -0.217. The Balaban J connectivity index is 2.98. The van der Waals surface area contributed by atoms with Crippen LogP contribution < -0.4 is 10.5 Å². The zero-order valence-electron chi connectivity index (χ0n) is 11.6. The number of hydrogen-bond acceptors (Lipinski definition) is 4. The maximum Gasteiger partial charge on any atom is 0.243 e. The van der Waals surface area contributed by atoms with Crippen molar-refractivity contribution in [3.8, 4) is 0 Å². The number of anilines is 1. The van der Waals surface area contributed by atoms with E-state index in [0.717, 1.165) is 12.1 Å². The summed E-state index contributed by atoms with van der Waals surface area (Å²) < 4.78 is 40.1. The molecular formula is C12H20FN3O2S. The maximum atomic E-state index is 13.7. The Morgan fingerprint density at radius 2 is 2.00 bits per heavy atom. The molecule has 5 nitrogen and oxygen atoms in total. The number of likely N-dealkylation sites (N-methyl/N-ethyl adjacent to an activating group) is 1. The van der Waals surface area contributed by atoms with Crippen molar-refractivity contribution in [2.24, 2.45) is 0 Å². The van der Waals surface area contributed by atoms with Gasteiger partial charge in [-0.25, -0.2) is 17.5 Å². The highest BCUT2D eigenvalue weighted by molar-refractivity contribution is 7.89. The molecule has 0 aliphatic rings. The molecule has 0 spiro atoms. The Morgan fingerprint density at radius 1 is 1.42 bits per heavy atom. The van der Waals surface area contributed by atoms with Gasteiger partial charge in [0.15, 0.2) is 0 Å². The summed E-state index contributed by atoms with van der Waals surface area (Å²) in [5, 5.41) is 0. The van der Waals surface area contributed by atoms with E-state index < -0.39 is 20.7 Å². The molecule has 0 radical (unpaired) electrons. The van der Waals surface area contributed by atoms with Gasteiger partial charge in [0, 0.05) is 18.3 Å². The Kier molecular flexibility index (Phi) is 4.89. The zero-order valence-corrected chi connectivity index (χ0v) is 12.4. The fourth-order valence-corrected chi connectivity index (χ4v) is 2.58. The molecule has 1 atom stereocenters. The van der Waals surface area contributed by atoms with Crippen LogP contribution in [0.5, 0.6) is 0 Å². The van der Waals surface area contributed by atoms with Gasteiger partial charge in [-0.2, -0.15) is 0 Å². The maximum absolute atomic E-state index is 13.7. The highest BCUT2D eigenvalue weighted by atomic mass is 32.2. The van der Waals surface area contributed by atoms with Crippen LogP contribution in [0.1, 0.15) is 12.5 Å². The number of sulfonamides is 1. The Hall–Kier alpha value is -1.18. The van der Waals surface area contributed by atoms with Gasteiger partial charge in [-0.1, -0.05) is 0 Å². The first-order valence-electron chi connectivity index (χ1n) is 5.87. The average molecular weight is 289 g/mol. The predicted octanol–water partition coefficient (Wildman–Crippen LogP) is 0.945. The van der Waals surface area contributed by atoms with E-state index in [1.165, 1.54) is 0 Å². The number of nitrogens with one attached hydrogen (secondary N) is 1. The molecule has 0 bridgehead atoms. The molecule has 0 saturated heterocycles. The lowest BCUT2D eigenvalue weighted by atomic mass is 10.2. The van der Waals surface area contributed by atoms with Crippen molar-refractivity contribution in [1.82, 2.24) is 9.62 Å². The number of hydrogen-bond donors (Lipinski definition) is 2. The molecule has 1 aromatic carbocycles. The number of aryl methyl sites for hydroxylation is 1. The second kappa shape index (κ2) is 5.85. The van der Waals surface area contributed by atoms with Gasteiger partial charge < -0.3 is 10.6 Å². The monoisotopic (exact) mass is 289 g/mol. The van der Waals surface area contributed by atoms with Crippen molar-refractivity contribution < 1.29 is 12.8 Å². The topological polar surface area (TPSA) is 75.4 Å². The summed E-state index contributed by atoms with van der Waals surface area (Å²) in [5.41, 5.74) is 6.39. The van der Waals surface area contributed by atoms with Crippen LogP contribution in [0.2, 0.25) is 0 Å². The molecule has 108 valence electrons. The number of nitrogens with zero attached hydrogens (tertiary/aromatic N) is 1. The third-order valence-electron chi connectivity index (χ3n) is 3.06. The van der Waals surface area contributed by atoms with E-state index in [0.29, 0.717) is 5.56 Å². The molecule has 0 heterocycles. The van der Waals surface area contributed by atoms with Gasteiger partial charge in [-0.15, -0.1) is 0 Å². The van der Waals surface area contributed by atoms with Gasteiger partial charge >= 0.3 is 0 Å². The largest absolute Gasteiger partial charge is 0.398 e. The van der Waals surface area contributed by atoms with Crippen LogP contribution in [0.3, 0.4) is 0 Å². The Labute approximate surface area is 113 Å². The summed E-state index contributed by atoms with van der Waals surface area (Å²) >= 11 is 0. The van der Waals surface area contributed by atoms with Gasteiger partial charge in [0.25, 0.3) is 0 Å². The number of benzene rings is 1. The van der Waals surface area contributed by atoms with Crippen molar-refractivity contribution >= 4 is 15.7 Å². The second-order valence-electron chi connectivity index (χ2n) is 4.80. The molecule has 7 heteroatoms. The third kappa shape index (κ3) is 3.89. The summed E-state index contributed by atoms with van der Waals surface area (Å²) in [6.45, 7) is 3.68. The van der Waals surface area contributed by atoms with E-state index in [2.05, 4.69) is 4.72 Å². The first kappa shape index (κ1) is 15.9. The summed E-state index contributed by atoms with van der Waals surface area (Å²) in [4.78, 5) is 1.45. The van der Waals surface area contributed by atoms with Gasteiger partial charge in [-0.3, -0.25) is 0 Å². The standard InChI is InChI=1S/C12H20FN3O2S/c1-8-5-10(13)12(6-11(8)14)19(17,18)15-7-9(2)16(3)4/h5-6,9,15H,7,14H2,1-4H3. The highest BCUT2D eigenvalue weighted by Gasteiger charge is 2.21. The molecule has 1 unspecified atom stereocenters. The quantitative estimate of drug-likeness (QED) is 0.791. The lowest BCUT2D eigenvalue weighted by molar-refractivity contribution is 0.313. The van der Waals surface area contributed by atoms with E-state index >= 15 is 0 Å². The van der Waals surface area contributed by atoms with Gasteiger partial charge in [0.1, 0.15) is 10.7 Å². The molecule has 0 aromatic heterocycles. The second-order valence-corrected chi connectivity index (χ2v) is 6.54. The number of nitrogen functional groups attached to an aromatic ring is 1. The van der Waals surface area contributed by atoms with E-state index in [-0.39, 0.29) is 18.3 Å². The van der Waals surface area contributed by atoms with Crippen LogP contribution in [-0.2, 0) is 10.0 Å². The fourth-order valence-electron chi connectivity index (χ4n) is 1.37. The van der Waals surface area contributed by atoms with Crippen LogP contribution in [-0.4, -0.2) is 40.0 Å². The molecule has 0 amide bonds. The molecule has 0 aliphatic carbocycles. The third-order valence-corrected chi connectivity index (χ3v) is 4.50. The van der Waals surface area contributed by atoms with E-state index in [9.17, 15) is 12.8 Å². The molecule has 3 N–H and O–H groups in total. The summed E-state index contributed by atoms with van der Waals surface area (Å²) in [6, 6.07) is 2.27. The number of rotatable bonds is 5. The van der Waals surface area contributed by atoms with Crippen molar-refractivity contribution in [2.75, 3.05) is 26.4 Å². The summed E-state index contributed by atoms with van der Waals surface area (Å²) in [6.07, 6.45) is 0. The van der Waals surface area contributed by atoms with E-state index in [1.54, 1.807) is 6.92 Å². The van der Waals surface area contributed by atoms with Crippen molar-refractivity contribution in [2.45, 2.75) is 24.8 Å². The van der Waals surface area contributed by atoms with Crippen LogP contribution >= 0.6 is 0 Å². The minimum absolute atomic E-state index is 0.000585. The molecule has 0 saturated carbocycles. The van der Waals surface area contributed by atoms with Crippen LogP contribution in [0, 0.1) is 12.7 Å². The van der Waals surface area contributed by atoms with Crippen molar-refractivity contribution in [1.29, 1.82) is 0 Å². The SMILES string of the molecule is Cc1cc(F)c(S(=O)(=O)NCC(C)N(C)C)cc1N. The van der Waals surface area contributed by atoms with Gasteiger partial charge in [0.05, 0.1) is 0 Å². The first-order chi connectivity index (χ1) is 8.65.